The van der Waals surface area contributed by atoms with Gasteiger partial charge < -0.3 is 25.2 Å². The van der Waals surface area contributed by atoms with Crippen LogP contribution in [0.1, 0.15) is 0 Å². The Bertz CT molecular complexity index is 126. The van der Waals surface area contributed by atoms with Crippen molar-refractivity contribution in [2.24, 2.45) is 0 Å². The van der Waals surface area contributed by atoms with Crippen LogP contribution in [0.15, 0.2) is 0 Å². The maximum absolute atomic E-state index is 9.11. The van der Waals surface area contributed by atoms with Gasteiger partial charge in [-0.3, -0.25) is 0 Å². The van der Waals surface area contributed by atoms with Gasteiger partial charge >= 0.3 is 0 Å². The second-order valence-electron chi connectivity index (χ2n) is 2.60. The molecule has 0 aromatic carbocycles. The average Bonchev–Trinajstić information content (AvgIpc) is 2.01. The van der Waals surface area contributed by atoms with Gasteiger partial charge in [0, 0.05) is 0 Å². The Morgan fingerprint density at radius 3 is 2.36 bits per heavy atom. The molecule has 0 amide bonds. The van der Waals surface area contributed by atoms with Crippen molar-refractivity contribution in [2.75, 3.05) is 13.2 Å². The molecule has 1 aliphatic rings. The van der Waals surface area contributed by atoms with Gasteiger partial charge in [-0.15, -0.1) is 0 Å². The third-order valence-corrected chi connectivity index (χ3v) is 1.79. The molecule has 5 nitrogen and oxygen atoms in total. The quantitative estimate of drug-likeness (QED) is 0.343. The first-order chi connectivity index (χ1) is 5.16. The molecule has 11 heavy (non-hydrogen) atoms. The Kier molecular flexibility index (Phi) is 2.80. The monoisotopic (exact) mass is 164 g/mol. The van der Waals surface area contributed by atoms with Crippen molar-refractivity contribution in [3.05, 3.63) is 0 Å². The van der Waals surface area contributed by atoms with Crippen molar-refractivity contribution < 1.29 is 25.2 Å². The fourth-order valence-electron chi connectivity index (χ4n) is 1.03. The van der Waals surface area contributed by atoms with E-state index >= 15 is 0 Å². The summed E-state index contributed by atoms with van der Waals surface area (Å²) in [7, 11) is 0. The number of hydrogen-bond donors (Lipinski definition) is 4. The van der Waals surface area contributed by atoms with E-state index in [9.17, 15) is 0 Å². The topological polar surface area (TPSA) is 90.2 Å². The minimum absolute atomic E-state index is 0.0521. The molecule has 0 aromatic rings. The highest BCUT2D eigenvalue weighted by molar-refractivity contribution is 4.85. The van der Waals surface area contributed by atoms with Crippen molar-refractivity contribution in [2.45, 2.75) is 24.4 Å². The standard InChI is InChI=1S/C6H12O5/c7-1-4-6(10)5(9)3(8)2-11-4/h3-10H,1-2H2/t3?,4-,5+,6?/m1/s1. The van der Waals surface area contributed by atoms with E-state index in [4.69, 9.17) is 25.2 Å². The van der Waals surface area contributed by atoms with E-state index in [1.165, 1.54) is 0 Å². The van der Waals surface area contributed by atoms with Crippen LogP contribution in [0.2, 0.25) is 0 Å². The molecule has 0 spiro atoms. The summed E-state index contributed by atoms with van der Waals surface area (Å²) in [6, 6.07) is 0. The third-order valence-electron chi connectivity index (χ3n) is 1.79. The number of ether oxygens (including phenoxy) is 1. The molecule has 1 saturated heterocycles. The summed E-state index contributed by atoms with van der Waals surface area (Å²) in [6.07, 6.45) is -4.27. The first kappa shape index (κ1) is 8.89. The Morgan fingerprint density at radius 2 is 1.82 bits per heavy atom. The summed E-state index contributed by atoms with van der Waals surface area (Å²) in [6.45, 7) is -0.408. The van der Waals surface area contributed by atoms with E-state index < -0.39 is 24.4 Å². The summed E-state index contributed by atoms with van der Waals surface area (Å²) in [5, 5.41) is 35.7. The molecule has 1 heterocycles. The van der Waals surface area contributed by atoms with Gasteiger partial charge in [-0.2, -0.15) is 0 Å². The lowest BCUT2D eigenvalue weighted by molar-refractivity contribution is -0.195. The van der Waals surface area contributed by atoms with Crippen LogP contribution in [0.5, 0.6) is 0 Å². The van der Waals surface area contributed by atoms with Crippen LogP contribution in [0, 0.1) is 0 Å². The molecular weight excluding hydrogens is 152 g/mol. The Labute approximate surface area is 63.8 Å². The molecule has 0 radical (unpaired) electrons. The second kappa shape index (κ2) is 3.46. The highest BCUT2D eigenvalue weighted by Crippen LogP contribution is 2.14. The van der Waals surface area contributed by atoms with E-state index in [1.54, 1.807) is 0 Å². The normalized spacial score (nSPS) is 45.8. The van der Waals surface area contributed by atoms with E-state index in [-0.39, 0.29) is 13.2 Å². The van der Waals surface area contributed by atoms with Gasteiger partial charge in [0.05, 0.1) is 13.2 Å². The minimum Gasteiger partial charge on any atom is -0.394 e. The predicted molar refractivity (Wildman–Crippen MR) is 34.8 cm³/mol. The number of rotatable bonds is 1. The maximum atomic E-state index is 9.11. The Hall–Kier alpha value is -0.200. The van der Waals surface area contributed by atoms with Crippen molar-refractivity contribution in [3.63, 3.8) is 0 Å². The van der Waals surface area contributed by atoms with E-state index in [0.29, 0.717) is 0 Å². The second-order valence-corrected chi connectivity index (χ2v) is 2.60. The van der Waals surface area contributed by atoms with Gasteiger partial charge in [0.25, 0.3) is 0 Å². The van der Waals surface area contributed by atoms with Gasteiger partial charge in [0.1, 0.15) is 24.4 Å². The average molecular weight is 164 g/mol. The van der Waals surface area contributed by atoms with Crippen molar-refractivity contribution in [3.8, 4) is 0 Å². The zero-order valence-corrected chi connectivity index (χ0v) is 5.92. The van der Waals surface area contributed by atoms with Crippen molar-refractivity contribution in [1.82, 2.24) is 0 Å². The highest BCUT2D eigenvalue weighted by atomic mass is 16.5. The first-order valence-corrected chi connectivity index (χ1v) is 3.43. The number of aliphatic hydroxyl groups is 4. The van der Waals surface area contributed by atoms with Crippen LogP contribution in [-0.4, -0.2) is 58.1 Å². The van der Waals surface area contributed by atoms with Crippen LogP contribution in [0.4, 0.5) is 0 Å². The molecule has 1 aliphatic heterocycles. The van der Waals surface area contributed by atoms with Gasteiger partial charge in [-0.1, -0.05) is 0 Å². The fourth-order valence-corrected chi connectivity index (χ4v) is 1.03. The van der Waals surface area contributed by atoms with E-state index in [2.05, 4.69) is 0 Å². The zero-order valence-electron chi connectivity index (χ0n) is 5.92. The molecule has 0 aliphatic carbocycles. The lowest BCUT2D eigenvalue weighted by Gasteiger charge is -2.34. The van der Waals surface area contributed by atoms with Gasteiger partial charge in [0.2, 0.25) is 0 Å². The van der Waals surface area contributed by atoms with Gasteiger partial charge in [-0.05, 0) is 0 Å². The van der Waals surface area contributed by atoms with Crippen molar-refractivity contribution >= 4 is 0 Å². The van der Waals surface area contributed by atoms with E-state index in [1.807, 2.05) is 0 Å². The Balaban J connectivity index is 2.52. The largest absolute Gasteiger partial charge is 0.394 e. The molecule has 0 saturated carbocycles. The van der Waals surface area contributed by atoms with Gasteiger partial charge in [0.15, 0.2) is 0 Å². The molecule has 0 bridgehead atoms. The van der Waals surface area contributed by atoms with E-state index in [0.717, 1.165) is 0 Å². The lowest BCUT2D eigenvalue weighted by atomic mass is 10.0. The molecule has 2 unspecified atom stereocenters. The smallest absolute Gasteiger partial charge is 0.111 e. The first-order valence-electron chi connectivity index (χ1n) is 3.43. The third kappa shape index (κ3) is 1.69. The molecule has 0 aromatic heterocycles. The molecule has 1 fully saturated rings. The maximum Gasteiger partial charge on any atom is 0.111 e. The minimum atomic E-state index is -1.22. The number of hydrogen-bond acceptors (Lipinski definition) is 5. The molecule has 4 atom stereocenters. The van der Waals surface area contributed by atoms with Crippen LogP contribution < -0.4 is 0 Å². The number of aliphatic hydroxyl groups excluding tert-OH is 4. The van der Waals surface area contributed by atoms with Crippen LogP contribution in [0.25, 0.3) is 0 Å². The van der Waals surface area contributed by atoms with Crippen LogP contribution in [-0.2, 0) is 4.74 Å². The molecule has 66 valence electrons. The van der Waals surface area contributed by atoms with Crippen LogP contribution >= 0.6 is 0 Å². The summed E-state index contributed by atoms with van der Waals surface area (Å²) in [5.41, 5.74) is 0. The summed E-state index contributed by atoms with van der Waals surface area (Å²) in [4.78, 5) is 0. The molecule has 1 rings (SSSR count). The van der Waals surface area contributed by atoms with Crippen LogP contribution in [0.3, 0.4) is 0 Å². The predicted octanol–water partition coefficient (Wildman–Crippen LogP) is -2.54. The zero-order chi connectivity index (χ0) is 8.43. The highest BCUT2D eigenvalue weighted by Gasteiger charge is 2.36. The summed E-state index contributed by atoms with van der Waals surface area (Å²) >= 11 is 0. The van der Waals surface area contributed by atoms with Gasteiger partial charge in [-0.25, -0.2) is 0 Å². The summed E-state index contributed by atoms with van der Waals surface area (Å²) < 4.78 is 4.81. The lowest BCUT2D eigenvalue weighted by Crippen LogP contribution is -2.53. The SMILES string of the molecule is OC[C@H]1OCC(O)[C@H](O)C1O. The molecule has 5 heteroatoms. The summed E-state index contributed by atoms with van der Waals surface area (Å²) in [5.74, 6) is 0. The fraction of sp³-hybridized carbons (Fsp3) is 1.00. The molecule has 4 N–H and O–H groups in total. The van der Waals surface area contributed by atoms with Crippen molar-refractivity contribution in [1.29, 1.82) is 0 Å². The molecular formula is C6H12O5. The Morgan fingerprint density at radius 1 is 1.18 bits per heavy atom.